The van der Waals surface area contributed by atoms with Gasteiger partial charge in [0, 0.05) is 11.3 Å². The molecule has 1 aromatic carbocycles. The molecule has 1 aliphatic heterocycles. The highest BCUT2D eigenvalue weighted by Gasteiger charge is 2.42. The van der Waals surface area contributed by atoms with Gasteiger partial charge in [-0.1, -0.05) is 12.1 Å². The Hall–Kier alpha value is -1.47. The first-order chi connectivity index (χ1) is 8.58. The van der Waals surface area contributed by atoms with Gasteiger partial charge in [-0.25, -0.2) is 0 Å². The quantitative estimate of drug-likeness (QED) is 0.351. The number of rotatable bonds is 4. The van der Waals surface area contributed by atoms with E-state index in [-0.39, 0.29) is 5.78 Å². The third-order valence-electron chi connectivity index (χ3n) is 3.11. The van der Waals surface area contributed by atoms with Crippen LogP contribution >= 0.6 is 0 Å². The Morgan fingerprint density at radius 1 is 1.39 bits per heavy atom. The molecule has 0 aliphatic carbocycles. The molecule has 0 amide bonds. The molecule has 1 heterocycles. The van der Waals surface area contributed by atoms with Crippen molar-refractivity contribution in [3.63, 3.8) is 0 Å². The Labute approximate surface area is 106 Å². The molecule has 0 aromatic heterocycles. The molecule has 98 valence electrons. The lowest BCUT2D eigenvalue weighted by Gasteiger charge is -2.41. The second-order valence-electron chi connectivity index (χ2n) is 4.45. The molecule has 2 rings (SSSR count). The van der Waals surface area contributed by atoms with Gasteiger partial charge >= 0.3 is 0 Å². The van der Waals surface area contributed by atoms with E-state index in [1.54, 1.807) is 12.1 Å². The number of hydrogen-bond acceptors (Lipinski definition) is 6. The summed E-state index contributed by atoms with van der Waals surface area (Å²) >= 11 is 0. The zero-order chi connectivity index (χ0) is 13.2. The molecular formula is C12H19N5O. The number of carbonyl (C=O) groups excluding carboxylic acids is 1. The summed E-state index contributed by atoms with van der Waals surface area (Å²) in [5.74, 6) is -1.28. The highest BCUT2D eigenvalue weighted by Crippen LogP contribution is 2.26. The number of nitrogens with two attached hydrogens (primary N) is 3. The van der Waals surface area contributed by atoms with Gasteiger partial charge in [-0.2, -0.15) is 0 Å². The van der Waals surface area contributed by atoms with Gasteiger partial charge in [-0.3, -0.25) is 15.8 Å². The van der Waals surface area contributed by atoms with E-state index in [0.717, 1.165) is 6.42 Å². The van der Waals surface area contributed by atoms with Crippen LogP contribution < -0.4 is 27.8 Å². The first-order valence-corrected chi connectivity index (χ1v) is 5.99. The Morgan fingerprint density at radius 2 is 2.11 bits per heavy atom. The number of ketones is 1. The second-order valence-corrected chi connectivity index (χ2v) is 4.45. The van der Waals surface area contributed by atoms with Crippen molar-refractivity contribution in [1.82, 2.24) is 5.32 Å². The fourth-order valence-electron chi connectivity index (χ4n) is 2.03. The Bertz CT molecular complexity index is 450. The average molecular weight is 249 g/mol. The summed E-state index contributed by atoms with van der Waals surface area (Å²) in [6.07, 6.45) is 0.767. The third kappa shape index (κ3) is 2.23. The number of nitrogens with one attached hydrogen (secondary N) is 2. The molecule has 1 aliphatic rings. The highest BCUT2D eigenvalue weighted by atomic mass is 16.1. The number of benzene rings is 1. The summed E-state index contributed by atoms with van der Waals surface area (Å²) in [6, 6.07) is 6.37. The van der Waals surface area contributed by atoms with Gasteiger partial charge in [0.25, 0.3) is 0 Å². The number of Topliss-reactive ketones (excluding diaryl/α,β-unsaturated/α-hetero) is 1. The minimum atomic E-state index is -1.12. The van der Waals surface area contributed by atoms with E-state index in [1.807, 2.05) is 12.1 Å². The maximum Gasteiger partial charge on any atom is 0.186 e. The zero-order valence-electron chi connectivity index (χ0n) is 10.1. The van der Waals surface area contributed by atoms with Crippen molar-refractivity contribution in [3.05, 3.63) is 29.8 Å². The molecule has 2 unspecified atom stereocenters. The molecule has 8 N–H and O–H groups in total. The summed E-state index contributed by atoms with van der Waals surface area (Å²) in [5.41, 5.74) is 18.8. The maximum atomic E-state index is 12.2. The van der Waals surface area contributed by atoms with E-state index >= 15 is 0 Å². The summed E-state index contributed by atoms with van der Waals surface area (Å²) < 4.78 is 0. The first-order valence-electron chi connectivity index (χ1n) is 5.99. The SMILES string of the molecule is NCCCNC1(N)Nc2ccccc2C(=O)C1N. The van der Waals surface area contributed by atoms with Crippen LogP contribution in [0.4, 0.5) is 5.69 Å². The Balaban J connectivity index is 2.23. The molecule has 0 saturated heterocycles. The lowest BCUT2D eigenvalue weighted by Crippen LogP contribution is -2.73. The predicted octanol–water partition coefficient (Wildman–Crippen LogP) is -0.827. The Kier molecular flexibility index (Phi) is 3.63. The predicted molar refractivity (Wildman–Crippen MR) is 71.0 cm³/mol. The summed E-state index contributed by atoms with van der Waals surface area (Å²) in [6.45, 7) is 1.16. The average Bonchev–Trinajstić information content (AvgIpc) is 2.37. The molecule has 0 bridgehead atoms. The van der Waals surface area contributed by atoms with Gasteiger partial charge < -0.3 is 16.8 Å². The molecule has 18 heavy (non-hydrogen) atoms. The number of anilines is 1. The smallest absolute Gasteiger partial charge is 0.186 e. The second kappa shape index (κ2) is 5.03. The van der Waals surface area contributed by atoms with Gasteiger partial charge in [0.15, 0.2) is 11.6 Å². The van der Waals surface area contributed by atoms with Gasteiger partial charge in [-0.05, 0) is 31.6 Å². The van der Waals surface area contributed by atoms with Crippen molar-refractivity contribution in [2.45, 2.75) is 18.2 Å². The van der Waals surface area contributed by atoms with Crippen molar-refractivity contribution in [2.75, 3.05) is 18.4 Å². The van der Waals surface area contributed by atoms with Crippen LogP contribution in [0.5, 0.6) is 0 Å². The van der Waals surface area contributed by atoms with Crippen molar-refractivity contribution in [1.29, 1.82) is 0 Å². The molecule has 6 heteroatoms. The van der Waals surface area contributed by atoms with Crippen molar-refractivity contribution < 1.29 is 4.79 Å². The normalized spacial score (nSPS) is 26.6. The van der Waals surface area contributed by atoms with Crippen LogP contribution in [0.3, 0.4) is 0 Å². The van der Waals surface area contributed by atoms with E-state index in [4.69, 9.17) is 17.2 Å². The molecule has 0 radical (unpaired) electrons. The van der Waals surface area contributed by atoms with E-state index in [2.05, 4.69) is 10.6 Å². The van der Waals surface area contributed by atoms with Gasteiger partial charge in [0.05, 0.1) is 0 Å². The van der Waals surface area contributed by atoms with Crippen LogP contribution in [0, 0.1) is 0 Å². The van der Waals surface area contributed by atoms with Crippen LogP contribution in [0.1, 0.15) is 16.8 Å². The molecule has 6 nitrogen and oxygen atoms in total. The van der Waals surface area contributed by atoms with Crippen LogP contribution in [-0.2, 0) is 0 Å². The first kappa shape index (κ1) is 13.0. The van der Waals surface area contributed by atoms with Crippen molar-refractivity contribution in [3.8, 4) is 0 Å². The molecular weight excluding hydrogens is 230 g/mol. The molecule has 0 saturated carbocycles. The van der Waals surface area contributed by atoms with Crippen LogP contribution in [0.2, 0.25) is 0 Å². The molecule has 0 fully saturated rings. The minimum Gasteiger partial charge on any atom is -0.353 e. The third-order valence-corrected chi connectivity index (χ3v) is 3.11. The number of fused-ring (bicyclic) bond motifs is 1. The molecule has 0 spiro atoms. The lowest BCUT2D eigenvalue weighted by molar-refractivity contribution is 0.0902. The zero-order valence-corrected chi connectivity index (χ0v) is 10.1. The van der Waals surface area contributed by atoms with Gasteiger partial charge in [0.1, 0.15) is 6.04 Å². The van der Waals surface area contributed by atoms with Gasteiger partial charge in [0.2, 0.25) is 0 Å². The standard InChI is InChI=1S/C12H19N5O/c13-6-3-7-16-12(15)11(14)10(18)8-4-1-2-5-9(8)17-12/h1-2,4-5,11,16-17H,3,6-7,13-15H2. The summed E-state index contributed by atoms with van der Waals surface area (Å²) in [7, 11) is 0. The van der Waals surface area contributed by atoms with E-state index in [9.17, 15) is 4.79 Å². The van der Waals surface area contributed by atoms with Gasteiger partial charge in [-0.15, -0.1) is 0 Å². The van der Waals surface area contributed by atoms with Crippen LogP contribution in [0.25, 0.3) is 0 Å². The van der Waals surface area contributed by atoms with Crippen LogP contribution in [0.15, 0.2) is 24.3 Å². The number of para-hydroxylation sites is 1. The van der Waals surface area contributed by atoms with Crippen molar-refractivity contribution >= 4 is 11.5 Å². The lowest BCUT2D eigenvalue weighted by atomic mass is 9.92. The number of hydrogen-bond donors (Lipinski definition) is 5. The van der Waals surface area contributed by atoms with E-state index < -0.39 is 11.8 Å². The Morgan fingerprint density at radius 3 is 2.83 bits per heavy atom. The summed E-state index contributed by atoms with van der Waals surface area (Å²) in [4.78, 5) is 12.2. The van der Waals surface area contributed by atoms with E-state index in [1.165, 1.54) is 0 Å². The molecule has 2 atom stereocenters. The van der Waals surface area contributed by atoms with Crippen LogP contribution in [-0.4, -0.2) is 30.7 Å². The van der Waals surface area contributed by atoms with Crippen molar-refractivity contribution in [2.24, 2.45) is 17.2 Å². The topological polar surface area (TPSA) is 119 Å². The highest BCUT2D eigenvalue weighted by molar-refractivity contribution is 6.07. The largest absolute Gasteiger partial charge is 0.353 e. The summed E-state index contributed by atoms with van der Waals surface area (Å²) in [5, 5.41) is 6.15. The number of carbonyl (C=O) groups is 1. The fourth-order valence-corrected chi connectivity index (χ4v) is 2.03. The monoisotopic (exact) mass is 249 g/mol. The maximum absolute atomic E-state index is 12.2. The molecule has 1 aromatic rings. The van der Waals surface area contributed by atoms with E-state index in [0.29, 0.717) is 24.3 Å². The fraction of sp³-hybridized carbons (Fsp3) is 0.417. The minimum absolute atomic E-state index is 0.160.